The number of piperidine rings is 1. The molecular formula is C13H19NO. The molecule has 0 spiro atoms. The Hall–Kier alpha value is -0.860. The smallest absolute Gasteiger partial charge is 0.0616 e. The Labute approximate surface area is 91.3 Å². The maximum atomic E-state index is 9.54. The van der Waals surface area contributed by atoms with Crippen LogP contribution in [-0.4, -0.2) is 23.8 Å². The highest BCUT2D eigenvalue weighted by atomic mass is 16.3. The molecule has 1 atom stereocenters. The molecule has 0 amide bonds. The van der Waals surface area contributed by atoms with Crippen LogP contribution in [-0.2, 0) is 6.42 Å². The van der Waals surface area contributed by atoms with E-state index in [2.05, 4.69) is 29.6 Å². The van der Waals surface area contributed by atoms with Crippen LogP contribution in [0.25, 0.3) is 0 Å². The highest BCUT2D eigenvalue weighted by Crippen LogP contribution is 2.23. The first-order chi connectivity index (χ1) is 7.35. The maximum Gasteiger partial charge on any atom is 0.0616 e. The first-order valence-electron chi connectivity index (χ1n) is 5.74. The van der Waals surface area contributed by atoms with Crippen molar-refractivity contribution in [3.05, 3.63) is 35.9 Å². The van der Waals surface area contributed by atoms with Gasteiger partial charge in [-0.2, -0.15) is 0 Å². The lowest BCUT2D eigenvalue weighted by Gasteiger charge is -2.37. The summed E-state index contributed by atoms with van der Waals surface area (Å²) >= 11 is 0. The number of hydrogen-bond acceptors (Lipinski definition) is 2. The van der Waals surface area contributed by atoms with E-state index in [1.807, 2.05) is 6.07 Å². The highest BCUT2D eigenvalue weighted by molar-refractivity contribution is 5.18. The van der Waals surface area contributed by atoms with Gasteiger partial charge in [0.25, 0.3) is 0 Å². The summed E-state index contributed by atoms with van der Waals surface area (Å²) < 4.78 is 0. The molecular weight excluding hydrogens is 186 g/mol. The zero-order chi connectivity index (χ0) is 10.6. The first kappa shape index (κ1) is 10.7. The van der Waals surface area contributed by atoms with E-state index in [4.69, 9.17) is 0 Å². The highest BCUT2D eigenvalue weighted by Gasteiger charge is 2.30. The molecule has 15 heavy (non-hydrogen) atoms. The number of nitrogens with one attached hydrogen (secondary N) is 1. The van der Waals surface area contributed by atoms with Gasteiger partial charge in [-0.3, -0.25) is 0 Å². The molecule has 0 aliphatic carbocycles. The van der Waals surface area contributed by atoms with Crippen molar-refractivity contribution < 1.29 is 5.11 Å². The van der Waals surface area contributed by atoms with Crippen molar-refractivity contribution in [1.29, 1.82) is 0 Å². The minimum Gasteiger partial charge on any atom is -0.394 e. The van der Waals surface area contributed by atoms with Gasteiger partial charge in [0.1, 0.15) is 0 Å². The molecule has 0 radical (unpaired) electrons. The Morgan fingerprint density at radius 3 is 2.60 bits per heavy atom. The summed E-state index contributed by atoms with van der Waals surface area (Å²) in [6, 6.07) is 10.4. The topological polar surface area (TPSA) is 32.3 Å². The van der Waals surface area contributed by atoms with Crippen LogP contribution >= 0.6 is 0 Å². The van der Waals surface area contributed by atoms with Crippen LogP contribution in [0.15, 0.2) is 30.3 Å². The van der Waals surface area contributed by atoms with E-state index in [1.165, 1.54) is 18.4 Å². The van der Waals surface area contributed by atoms with Gasteiger partial charge in [-0.15, -0.1) is 0 Å². The summed E-state index contributed by atoms with van der Waals surface area (Å²) in [5.74, 6) is 0. The Morgan fingerprint density at radius 1 is 1.20 bits per heavy atom. The third kappa shape index (κ3) is 2.58. The van der Waals surface area contributed by atoms with Crippen molar-refractivity contribution in [3.63, 3.8) is 0 Å². The second-order valence-corrected chi connectivity index (χ2v) is 4.48. The number of aliphatic hydroxyl groups excluding tert-OH is 1. The standard InChI is InChI=1S/C13H19NO/c15-11-13(8-4-5-9-14-13)10-12-6-2-1-3-7-12/h1-3,6-7,14-15H,4-5,8-11H2. The molecule has 0 saturated carbocycles. The van der Waals surface area contributed by atoms with Crippen LogP contribution < -0.4 is 5.32 Å². The number of hydrogen-bond donors (Lipinski definition) is 2. The van der Waals surface area contributed by atoms with E-state index in [0.29, 0.717) is 0 Å². The second-order valence-electron chi connectivity index (χ2n) is 4.48. The van der Waals surface area contributed by atoms with E-state index >= 15 is 0 Å². The lowest BCUT2D eigenvalue weighted by Crippen LogP contribution is -2.53. The van der Waals surface area contributed by atoms with Gasteiger partial charge in [-0.25, -0.2) is 0 Å². The zero-order valence-electron chi connectivity index (χ0n) is 9.08. The van der Waals surface area contributed by atoms with Crippen LogP contribution in [0, 0.1) is 0 Å². The van der Waals surface area contributed by atoms with Gasteiger partial charge < -0.3 is 10.4 Å². The molecule has 1 aromatic carbocycles. The first-order valence-corrected chi connectivity index (χ1v) is 5.74. The summed E-state index contributed by atoms with van der Waals surface area (Å²) in [6.45, 7) is 1.27. The fraction of sp³-hybridized carbons (Fsp3) is 0.538. The Kier molecular flexibility index (Phi) is 3.39. The van der Waals surface area contributed by atoms with Gasteiger partial charge in [0.15, 0.2) is 0 Å². The molecule has 1 heterocycles. The molecule has 1 aliphatic heterocycles. The summed E-state index contributed by atoms with van der Waals surface area (Å²) in [4.78, 5) is 0. The summed E-state index contributed by atoms with van der Waals surface area (Å²) in [7, 11) is 0. The van der Waals surface area contributed by atoms with Crippen LogP contribution in [0.3, 0.4) is 0 Å². The van der Waals surface area contributed by atoms with Crippen molar-refractivity contribution in [3.8, 4) is 0 Å². The van der Waals surface area contributed by atoms with Gasteiger partial charge in [-0.1, -0.05) is 36.8 Å². The SMILES string of the molecule is OCC1(Cc2ccccc2)CCCCN1. The van der Waals surface area contributed by atoms with E-state index < -0.39 is 0 Å². The molecule has 1 aromatic rings. The van der Waals surface area contributed by atoms with Crippen LogP contribution in [0.2, 0.25) is 0 Å². The maximum absolute atomic E-state index is 9.54. The van der Waals surface area contributed by atoms with Gasteiger partial charge in [0.2, 0.25) is 0 Å². The quantitative estimate of drug-likeness (QED) is 0.787. The van der Waals surface area contributed by atoms with Crippen molar-refractivity contribution in [2.45, 2.75) is 31.2 Å². The molecule has 0 bridgehead atoms. The predicted octanol–water partition coefficient (Wildman–Crippen LogP) is 1.73. The minimum absolute atomic E-state index is 0.0698. The average Bonchev–Trinajstić information content (AvgIpc) is 2.32. The van der Waals surface area contributed by atoms with Crippen molar-refractivity contribution >= 4 is 0 Å². The summed E-state index contributed by atoms with van der Waals surface area (Å²) in [5.41, 5.74) is 1.24. The number of rotatable bonds is 3. The third-order valence-electron chi connectivity index (χ3n) is 3.27. The number of benzene rings is 1. The molecule has 2 N–H and O–H groups in total. The second kappa shape index (κ2) is 4.77. The normalized spacial score (nSPS) is 26.5. The molecule has 2 rings (SSSR count). The monoisotopic (exact) mass is 205 g/mol. The molecule has 2 nitrogen and oxygen atoms in total. The van der Waals surface area contributed by atoms with Gasteiger partial charge in [0, 0.05) is 5.54 Å². The van der Waals surface area contributed by atoms with E-state index in [9.17, 15) is 5.11 Å². The zero-order valence-corrected chi connectivity index (χ0v) is 9.08. The minimum atomic E-state index is -0.0698. The lowest BCUT2D eigenvalue weighted by atomic mass is 9.84. The van der Waals surface area contributed by atoms with Gasteiger partial charge in [-0.05, 0) is 31.4 Å². The Balaban J connectivity index is 2.07. The van der Waals surface area contributed by atoms with E-state index in [1.54, 1.807) is 0 Å². The average molecular weight is 205 g/mol. The Bertz CT molecular complexity index is 291. The van der Waals surface area contributed by atoms with Crippen molar-refractivity contribution in [2.75, 3.05) is 13.2 Å². The summed E-state index contributed by atoms with van der Waals surface area (Å²) in [6.07, 6.45) is 4.47. The molecule has 2 heteroatoms. The molecule has 0 aromatic heterocycles. The van der Waals surface area contributed by atoms with Crippen molar-refractivity contribution in [1.82, 2.24) is 5.32 Å². The summed E-state index contributed by atoms with van der Waals surface area (Å²) in [5, 5.41) is 13.0. The molecule has 1 aliphatic rings. The van der Waals surface area contributed by atoms with Crippen LogP contribution in [0.5, 0.6) is 0 Å². The molecule has 1 fully saturated rings. The van der Waals surface area contributed by atoms with Gasteiger partial charge >= 0.3 is 0 Å². The predicted molar refractivity (Wildman–Crippen MR) is 61.8 cm³/mol. The largest absolute Gasteiger partial charge is 0.394 e. The fourth-order valence-corrected chi connectivity index (χ4v) is 2.36. The van der Waals surface area contributed by atoms with Crippen molar-refractivity contribution in [2.24, 2.45) is 0 Å². The third-order valence-corrected chi connectivity index (χ3v) is 3.27. The molecule has 82 valence electrons. The Morgan fingerprint density at radius 2 is 2.00 bits per heavy atom. The fourth-order valence-electron chi connectivity index (χ4n) is 2.36. The van der Waals surface area contributed by atoms with E-state index in [0.717, 1.165) is 19.4 Å². The lowest BCUT2D eigenvalue weighted by molar-refractivity contribution is 0.131. The van der Waals surface area contributed by atoms with Crippen LogP contribution in [0.4, 0.5) is 0 Å². The molecule has 1 saturated heterocycles. The van der Waals surface area contributed by atoms with E-state index in [-0.39, 0.29) is 12.1 Å². The number of aliphatic hydroxyl groups is 1. The van der Waals surface area contributed by atoms with Crippen LogP contribution in [0.1, 0.15) is 24.8 Å². The molecule has 1 unspecified atom stereocenters. The van der Waals surface area contributed by atoms with Gasteiger partial charge in [0.05, 0.1) is 6.61 Å².